The fourth-order valence-corrected chi connectivity index (χ4v) is 0.304. The van der Waals surface area contributed by atoms with Gasteiger partial charge in [0.05, 0.1) is 0 Å². The Labute approximate surface area is 54.3 Å². The summed E-state index contributed by atoms with van der Waals surface area (Å²) in [5, 5.41) is 0. The Bertz CT molecular complexity index is 131. The monoisotopic (exact) mass is 160 g/mol. The van der Waals surface area contributed by atoms with Gasteiger partial charge in [0.2, 0.25) is 0 Å². The molecule has 0 spiro atoms. The lowest BCUT2D eigenvalue weighted by Crippen LogP contribution is -2.33. The van der Waals surface area contributed by atoms with Crippen LogP contribution in [0.25, 0.3) is 0 Å². The van der Waals surface area contributed by atoms with Gasteiger partial charge in [-0.15, -0.1) is 0 Å². The van der Waals surface area contributed by atoms with Crippen LogP contribution in [0, 0.1) is 0 Å². The highest BCUT2D eigenvalue weighted by molar-refractivity contribution is 4.97. The number of hydrogen-bond donors (Lipinski definition) is 0. The van der Waals surface area contributed by atoms with Crippen LogP contribution in [-0.2, 0) is 0 Å². The SMILES string of the molecule is CC=CC(F)(F)C(F)(F)F. The number of allylic oxidation sites excluding steroid dienone is 2. The summed E-state index contributed by atoms with van der Waals surface area (Å²) in [7, 11) is 0. The summed E-state index contributed by atoms with van der Waals surface area (Å²) < 4.78 is 57.1. The van der Waals surface area contributed by atoms with E-state index in [1.165, 1.54) is 0 Å². The molecule has 0 saturated heterocycles. The van der Waals surface area contributed by atoms with Crippen LogP contribution in [0.15, 0.2) is 12.2 Å². The Morgan fingerprint density at radius 2 is 1.40 bits per heavy atom. The van der Waals surface area contributed by atoms with Crippen LogP contribution in [0.5, 0.6) is 0 Å². The van der Waals surface area contributed by atoms with Crippen LogP contribution in [0.3, 0.4) is 0 Å². The van der Waals surface area contributed by atoms with Crippen LogP contribution in [0.2, 0.25) is 0 Å². The van der Waals surface area contributed by atoms with Crippen LogP contribution >= 0.6 is 0 Å². The third-order valence-corrected chi connectivity index (χ3v) is 0.754. The van der Waals surface area contributed by atoms with Crippen molar-refractivity contribution in [1.29, 1.82) is 0 Å². The van der Waals surface area contributed by atoms with Crippen molar-refractivity contribution >= 4 is 0 Å². The Morgan fingerprint density at radius 3 is 1.50 bits per heavy atom. The summed E-state index contributed by atoms with van der Waals surface area (Å²) in [6.45, 7) is 1.10. The minimum Gasteiger partial charge on any atom is -0.192 e. The smallest absolute Gasteiger partial charge is 0.192 e. The molecule has 0 unspecified atom stereocenters. The maximum Gasteiger partial charge on any atom is 0.457 e. The molecule has 0 heterocycles. The number of alkyl halides is 5. The first-order chi connectivity index (χ1) is 4.31. The van der Waals surface area contributed by atoms with Gasteiger partial charge < -0.3 is 0 Å². The number of hydrogen-bond acceptors (Lipinski definition) is 0. The average molecular weight is 160 g/mol. The molecule has 0 aromatic heterocycles. The van der Waals surface area contributed by atoms with Crippen LogP contribution < -0.4 is 0 Å². The number of halogens is 5. The zero-order chi connectivity index (χ0) is 8.41. The standard InChI is InChI=1S/C5H5F5/c1-2-3-4(6,7)5(8,9)10/h2-3H,1H3. The fraction of sp³-hybridized carbons (Fsp3) is 0.600. The first-order valence-corrected chi connectivity index (χ1v) is 2.39. The molecule has 0 aromatic rings. The highest BCUT2D eigenvalue weighted by Crippen LogP contribution is 2.36. The maximum atomic E-state index is 11.7. The predicted octanol–water partition coefficient (Wildman–Crippen LogP) is 2.76. The van der Waals surface area contributed by atoms with Crippen LogP contribution in [0.4, 0.5) is 22.0 Å². The molecular formula is C5H5F5. The molecule has 0 aliphatic rings. The lowest BCUT2D eigenvalue weighted by atomic mass is 10.3. The van der Waals surface area contributed by atoms with Gasteiger partial charge in [0, 0.05) is 0 Å². The number of rotatable bonds is 1. The van der Waals surface area contributed by atoms with Crippen LogP contribution in [0.1, 0.15) is 6.92 Å². The zero-order valence-electron chi connectivity index (χ0n) is 5.04. The van der Waals surface area contributed by atoms with Gasteiger partial charge in [0.15, 0.2) is 0 Å². The summed E-state index contributed by atoms with van der Waals surface area (Å²) >= 11 is 0. The second kappa shape index (κ2) is 2.56. The van der Waals surface area contributed by atoms with E-state index >= 15 is 0 Å². The molecule has 0 rings (SSSR count). The maximum absolute atomic E-state index is 11.7. The molecule has 5 heteroatoms. The van der Waals surface area contributed by atoms with Crippen molar-refractivity contribution in [3.63, 3.8) is 0 Å². The second-order valence-corrected chi connectivity index (χ2v) is 1.62. The lowest BCUT2D eigenvalue weighted by molar-refractivity contribution is -0.259. The molecule has 0 radical (unpaired) electrons. The van der Waals surface area contributed by atoms with Crippen molar-refractivity contribution in [3.8, 4) is 0 Å². The summed E-state index contributed by atoms with van der Waals surface area (Å²) in [6.07, 6.45) is -5.00. The largest absolute Gasteiger partial charge is 0.457 e. The van der Waals surface area contributed by atoms with E-state index in [1.807, 2.05) is 0 Å². The van der Waals surface area contributed by atoms with E-state index in [9.17, 15) is 22.0 Å². The molecule has 0 fully saturated rings. The molecular weight excluding hydrogens is 155 g/mol. The highest BCUT2D eigenvalue weighted by Gasteiger charge is 2.55. The highest BCUT2D eigenvalue weighted by atomic mass is 19.4. The lowest BCUT2D eigenvalue weighted by Gasteiger charge is -2.14. The quantitative estimate of drug-likeness (QED) is 0.408. The molecule has 0 aliphatic heterocycles. The van der Waals surface area contributed by atoms with Gasteiger partial charge in [-0.1, -0.05) is 6.08 Å². The first-order valence-electron chi connectivity index (χ1n) is 2.39. The Morgan fingerprint density at radius 1 is 1.00 bits per heavy atom. The summed E-state index contributed by atoms with van der Waals surface area (Å²) in [4.78, 5) is 0. The molecule has 0 N–H and O–H groups in total. The summed E-state index contributed by atoms with van der Waals surface area (Å²) in [6, 6.07) is 0. The van der Waals surface area contributed by atoms with Crippen molar-refractivity contribution in [2.75, 3.05) is 0 Å². The van der Waals surface area contributed by atoms with E-state index in [0.29, 0.717) is 6.08 Å². The molecule has 0 aliphatic carbocycles. The Hall–Kier alpha value is -0.610. The summed E-state index contributed by atoms with van der Waals surface area (Å²) in [5.74, 6) is -4.69. The minimum absolute atomic E-state index is 0.188. The average Bonchev–Trinajstić information content (AvgIpc) is 1.61. The molecule has 0 nitrogen and oxygen atoms in total. The van der Waals surface area contributed by atoms with E-state index in [2.05, 4.69) is 0 Å². The topological polar surface area (TPSA) is 0 Å². The Kier molecular flexibility index (Phi) is 2.40. The van der Waals surface area contributed by atoms with E-state index < -0.39 is 12.1 Å². The van der Waals surface area contributed by atoms with E-state index in [0.717, 1.165) is 6.92 Å². The van der Waals surface area contributed by atoms with Gasteiger partial charge in [-0.25, -0.2) is 0 Å². The molecule has 60 valence electrons. The third-order valence-electron chi connectivity index (χ3n) is 0.754. The fourth-order valence-electron chi connectivity index (χ4n) is 0.304. The van der Waals surface area contributed by atoms with Gasteiger partial charge in [0.25, 0.3) is 0 Å². The van der Waals surface area contributed by atoms with Gasteiger partial charge in [-0.2, -0.15) is 22.0 Å². The first kappa shape index (κ1) is 9.39. The normalized spacial score (nSPS) is 14.6. The zero-order valence-corrected chi connectivity index (χ0v) is 5.04. The second-order valence-electron chi connectivity index (χ2n) is 1.62. The predicted molar refractivity (Wildman–Crippen MR) is 25.8 cm³/mol. The van der Waals surface area contributed by atoms with Crippen LogP contribution in [-0.4, -0.2) is 12.1 Å². The molecule has 10 heavy (non-hydrogen) atoms. The van der Waals surface area contributed by atoms with Crippen molar-refractivity contribution in [2.24, 2.45) is 0 Å². The molecule has 0 aromatic carbocycles. The van der Waals surface area contributed by atoms with E-state index in [-0.39, 0.29) is 6.08 Å². The van der Waals surface area contributed by atoms with E-state index in [4.69, 9.17) is 0 Å². The van der Waals surface area contributed by atoms with Gasteiger partial charge in [-0.05, 0) is 13.0 Å². The van der Waals surface area contributed by atoms with Crippen molar-refractivity contribution in [1.82, 2.24) is 0 Å². The summed E-state index contributed by atoms with van der Waals surface area (Å²) in [5.41, 5.74) is 0. The van der Waals surface area contributed by atoms with Crippen molar-refractivity contribution in [2.45, 2.75) is 19.0 Å². The molecule has 0 bridgehead atoms. The van der Waals surface area contributed by atoms with E-state index in [1.54, 1.807) is 0 Å². The van der Waals surface area contributed by atoms with Crippen molar-refractivity contribution in [3.05, 3.63) is 12.2 Å². The molecule has 0 amide bonds. The minimum atomic E-state index is -5.47. The van der Waals surface area contributed by atoms with Gasteiger partial charge in [-0.3, -0.25) is 0 Å². The van der Waals surface area contributed by atoms with Gasteiger partial charge in [0.1, 0.15) is 0 Å². The molecule has 0 atom stereocenters. The van der Waals surface area contributed by atoms with Crippen molar-refractivity contribution < 1.29 is 22.0 Å². The molecule has 0 saturated carbocycles. The van der Waals surface area contributed by atoms with Gasteiger partial charge >= 0.3 is 12.1 Å². The Balaban J connectivity index is 4.40. The third kappa shape index (κ3) is 1.97.